The van der Waals surface area contributed by atoms with E-state index in [1.165, 1.54) is 6.08 Å². The lowest BCUT2D eigenvalue weighted by Crippen LogP contribution is -2.42. The fraction of sp³-hybridized carbons (Fsp3) is 0.389. The van der Waals surface area contributed by atoms with E-state index in [-0.39, 0.29) is 11.8 Å². The highest BCUT2D eigenvalue weighted by atomic mass is 16.3. The molecular formula is C18H19N3O3. The average Bonchev–Trinajstić information content (AvgIpc) is 3.16. The van der Waals surface area contributed by atoms with Crippen LogP contribution in [-0.4, -0.2) is 34.3 Å². The molecule has 24 heavy (non-hydrogen) atoms. The molecule has 2 heterocycles. The van der Waals surface area contributed by atoms with E-state index in [4.69, 9.17) is 4.42 Å². The van der Waals surface area contributed by atoms with Crippen LogP contribution in [0.2, 0.25) is 0 Å². The van der Waals surface area contributed by atoms with Crippen molar-refractivity contribution < 1.29 is 14.0 Å². The van der Waals surface area contributed by atoms with Crippen molar-refractivity contribution in [2.45, 2.75) is 37.6 Å². The summed E-state index contributed by atoms with van der Waals surface area (Å²) in [4.78, 5) is 30.4. The van der Waals surface area contributed by atoms with Crippen molar-refractivity contribution in [1.82, 2.24) is 9.88 Å². The van der Waals surface area contributed by atoms with Gasteiger partial charge in [0.05, 0.1) is 0 Å². The molecule has 1 atom stereocenters. The molecule has 0 bridgehead atoms. The fourth-order valence-corrected chi connectivity index (χ4v) is 3.17. The number of nitrogens with one attached hydrogen (secondary N) is 1. The third-order valence-electron chi connectivity index (χ3n) is 4.61. The van der Waals surface area contributed by atoms with Gasteiger partial charge in [0.15, 0.2) is 11.5 Å². The maximum absolute atomic E-state index is 12.5. The minimum atomic E-state index is -0.442. The van der Waals surface area contributed by atoms with E-state index in [9.17, 15) is 9.59 Å². The highest BCUT2D eigenvalue weighted by molar-refractivity contribution is 6.00. The lowest BCUT2D eigenvalue weighted by molar-refractivity contribution is -0.132. The number of hydrogen-bond donors (Lipinski definition) is 1. The van der Waals surface area contributed by atoms with Crippen molar-refractivity contribution in [3.05, 3.63) is 36.7 Å². The Balaban J connectivity index is 1.51. The van der Waals surface area contributed by atoms with Gasteiger partial charge in [-0.15, -0.1) is 0 Å². The van der Waals surface area contributed by atoms with E-state index in [0.717, 1.165) is 30.7 Å². The number of nitrogens with zero attached hydrogens (tertiary/aromatic N) is 2. The summed E-state index contributed by atoms with van der Waals surface area (Å²) in [7, 11) is 0. The van der Waals surface area contributed by atoms with E-state index >= 15 is 0 Å². The van der Waals surface area contributed by atoms with Crippen LogP contribution < -0.4 is 5.32 Å². The molecule has 1 aliphatic heterocycles. The number of fused-ring (bicyclic) bond motifs is 1. The highest BCUT2D eigenvalue weighted by Crippen LogP contribution is 2.40. The largest absolute Gasteiger partial charge is 0.440 e. The van der Waals surface area contributed by atoms with Crippen molar-refractivity contribution in [1.29, 1.82) is 0 Å². The first-order valence-electron chi connectivity index (χ1n) is 8.30. The second-order valence-corrected chi connectivity index (χ2v) is 6.39. The Hall–Kier alpha value is -2.63. The van der Waals surface area contributed by atoms with Gasteiger partial charge < -0.3 is 14.6 Å². The molecule has 2 fully saturated rings. The van der Waals surface area contributed by atoms with Crippen LogP contribution in [0.1, 0.15) is 37.5 Å². The lowest BCUT2D eigenvalue weighted by atomic mass is 10.2. The molecule has 1 aromatic carbocycles. The summed E-state index contributed by atoms with van der Waals surface area (Å²) in [6.45, 7) is 4.09. The zero-order valence-electron chi connectivity index (χ0n) is 13.3. The summed E-state index contributed by atoms with van der Waals surface area (Å²) in [5.41, 5.74) is 2.14. The maximum atomic E-state index is 12.5. The fourth-order valence-electron chi connectivity index (χ4n) is 3.17. The number of benzene rings is 1. The van der Waals surface area contributed by atoms with E-state index in [1.807, 2.05) is 12.1 Å². The summed E-state index contributed by atoms with van der Waals surface area (Å²) < 4.78 is 5.78. The number of oxazole rings is 1. The molecule has 124 valence electrons. The number of hydrogen-bond acceptors (Lipinski definition) is 4. The Kier molecular flexibility index (Phi) is 3.59. The van der Waals surface area contributed by atoms with Crippen LogP contribution >= 0.6 is 0 Å². The molecule has 2 amide bonds. The first kappa shape index (κ1) is 14.9. The molecule has 1 aliphatic carbocycles. The van der Waals surface area contributed by atoms with E-state index < -0.39 is 6.04 Å². The smallest absolute Gasteiger partial charge is 0.247 e. The molecule has 1 saturated heterocycles. The van der Waals surface area contributed by atoms with Crippen molar-refractivity contribution >= 4 is 28.6 Å². The topological polar surface area (TPSA) is 75.4 Å². The SMILES string of the molecule is C=CC(=O)N1CCCC1C(=O)Nc1ccc2nc(C3CC3)oc2c1. The Morgan fingerprint density at radius 2 is 2.17 bits per heavy atom. The summed E-state index contributed by atoms with van der Waals surface area (Å²) in [5.74, 6) is 0.857. The first-order valence-corrected chi connectivity index (χ1v) is 8.30. The normalized spacial score (nSPS) is 20.3. The highest BCUT2D eigenvalue weighted by Gasteiger charge is 2.33. The van der Waals surface area contributed by atoms with Crippen LogP contribution in [0.4, 0.5) is 5.69 Å². The summed E-state index contributed by atoms with van der Waals surface area (Å²) in [5, 5.41) is 2.88. The van der Waals surface area contributed by atoms with E-state index in [1.54, 1.807) is 11.0 Å². The van der Waals surface area contributed by atoms with Crippen molar-refractivity contribution in [3.8, 4) is 0 Å². The van der Waals surface area contributed by atoms with E-state index in [2.05, 4.69) is 16.9 Å². The lowest BCUT2D eigenvalue weighted by Gasteiger charge is -2.22. The number of anilines is 1. The zero-order chi connectivity index (χ0) is 16.7. The Labute approximate surface area is 139 Å². The van der Waals surface area contributed by atoms with Crippen LogP contribution in [0.15, 0.2) is 35.3 Å². The van der Waals surface area contributed by atoms with Gasteiger partial charge in [0.2, 0.25) is 11.8 Å². The van der Waals surface area contributed by atoms with Crippen LogP contribution in [-0.2, 0) is 9.59 Å². The molecule has 0 spiro atoms. The van der Waals surface area contributed by atoms with Gasteiger partial charge >= 0.3 is 0 Å². The molecule has 1 unspecified atom stereocenters. The first-order chi connectivity index (χ1) is 11.7. The number of aromatic nitrogens is 1. The van der Waals surface area contributed by atoms with Crippen molar-refractivity contribution in [3.63, 3.8) is 0 Å². The van der Waals surface area contributed by atoms with Gasteiger partial charge in [-0.05, 0) is 43.9 Å². The summed E-state index contributed by atoms with van der Waals surface area (Å²) >= 11 is 0. The zero-order valence-corrected chi connectivity index (χ0v) is 13.3. The Bertz CT molecular complexity index is 822. The van der Waals surface area contributed by atoms with Crippen molar-refractivity contribution in [2.24, 2.45) is 0 Å². The number of carbonyl (C=O) groups is 2. The number of rotatable bonds is 4. The number of likely N-dealkylation sites (tertiary alicyclic amines) is 1. The van der Waals surface area contributed by atoms with Gasteiger partial charge in [0.1, 0.15) is 11.6 Å². The Morgan fingerprint density at radius 1 is 1.33 bits per heavy atom. The maximum Gasteiger partial charge on any atom is 0.247 e. The molecule has 1 N–H and O–H groups in total. The third-order valence-corrected chi connectivity index (χ3v) is 4.61. The summed E-state index contributed by atoms with van der Waals surface area (Å²) in [6, 6.07) is 5.01. The second-order valence-electron chi connectivity index (χ2n) is 6.39. The summed E-state index contributed by atoms with van der Waals surface area (Å²) in [6.07, 6.45) is 5.01. The molecule has 6 nitrogen and oxygen atoms in total. The van der Waals surface area contributed by atoms with Gasteiger partial charge in [-0.1, -0.05) is 6.58 Å². The monoisotopic (exact) mass is 325 g/mol. The van der Waals surface area contributed by atoms with Gasteiger partial charge in [-0.3, -0.25) is 9.59 Å². The molecule has 1 aromatic heterocycles. The average molecular weight is 325 g/mol. The molecule has 6 heteroatoms. The predicted molar refractivity (Wildman–Crippen MR) is 89.5 cm³/mol. The quantitative estimate of drug-likeness (QED) is 0.877. The molecule has 0 radical (unpaired) electrons. The standard InChI is InChI=1S/C18H19N3O3/c1-2-16(22)21-9-3-4-14(21)17(23)19-12-7-8-13-15(10-12)24-18(20-13)11-5-6-11/h2,7-8,10-11,14H,1,3-6,9H2,(H,19,23). The Morgan fingerprint density at radius 3 is 2.92 bits per heavy atom. The number of carbonyl (C=O) groups excluding carboxylic acids is 2. The van der Waals surface area contributed by atoms with Crippen LogP contribution in [0.3, 0.4) is 0 Å². The van der Waals surface area contributed by atoms with Gasteiger partial charge in [-0.25, -0.2) is 4.98 Å². The molecule has 2 aromatic rings. The molecule has 1 saturated carbocycles. The van der Waals surface area contributed by atoms with Crippen molar-refractivity contribution in [2.75, 3.05) is 11.9 Å². The number of amides is 2. The molecular weight excluding hydrogens is 306 g/mol. The van der Waals surface area contributed by atoms with Crippen LogP contribution in [0.25, 0.3) is 11.1 Å². The predicted octanol–water partition coefficient (Wildman–Crippen LogP) is 2.82. The minimum Gasteiger partial charge on any atom is -0.440 e. The second kappa shape index (κ2) is 5.78. The van der Waals surface area contributed by atoms with Gasteiger partial charge in [0.25, 0.3) is 0 Å². The third kappa shape index (κ3) is 2.68. The van der Waals surface area contributed by atoms with Gasteiger partial charge in [0, 0.05) is 24.2 Å². The van der Waals surface area contributed by atoms with Crippen LogP contribution in [0, 0.1) is 0 Å². The van der Waals surface area contributed by atoms with Gasteiger partial charge in [-0.2, -0.15) is 0 Å². The minimum absolute atomic E-state index is 0.177. The van der Waals surface area contributed by atoms with E-state index in [0.29, 0.717) is 30.2 Å². The molecule has 4 rings (SSSR count). The van der Waals surface area contributed by atoms with Crippen LogP contribution in [0.5, 0.6) is 0 Å². The molecule has 2 aliphatic rings.